The molecule has 0 radical (unpaired) electrons. The smallest absolute Gasteiger partial charge is 0.250 e. The zero-order chi connectivity index (χ0) is 25.9. The maximum Gasteiger partial charge on any atom is 0.250 e. The molecule has 10 heteroatoms. The minimum atomic E-state index is -3.99. The Morgan fingerprint density at radius 2 is 1.83 bits per heavy atom. The van der Waals surface area contributed by atoms with Gasteiger partial charge < -0.3 is 9.16 Å². The summed E-state index contributed by atoms with van der Waals surface area (Å²) in [6.45, 7) is 11.1. The summed E-state index contributed by atoms with van der Waals surface area (Å²) in [6, 6.07) is 14.9. The van der Waals surface area contributed by atoms with E-state index in [-0.39, 0.29) is 26.7 Å². The summed E-state index contributed by atoms with van der Waals surface area (Å²) in [5.74, 6) is 0.155. The summed E-state index contributed by atoms with van der Waals surface area (Å²) in [7, 11) is -4.89. The molecule has 0 N–H and O–H groups in total. The molecule has 1 fully saturated rings. The van der Waals surface area contributed by atoms with Crippen LogP contribution in [-0.4, -0.2) is 53.4 Å². The van der Waals surface area contributed by atoms with E-state index < -0.39 is 18.3 Å². The second kappa shape index (κ2) is 10.9. The van der Waals surface area contributed by atoms with E-state index in [0.717, 1.165) is 12.8 Å². The van der Waals surface area contributed by atoms with Gasteiger partial charge in [0.1, 0.15) is 16.6 Å². The molecule has 2 aromatic carbocycles. The molecular formula is C25H34ClN3O4SSi. The Balaban J connectivity index is 2.19. The lowest BCUT2D eigenvalue weighted by atomic mass is 10.2. The van der Waals surface area contributed by atoms with Crippen LogP contribution in [0.4, 0.5) is 11.4 Å². The third-order valence-electron chi connectivity index (χ3n) is 6.56. The van der Waals surface area contributed by atoms with Crippen molar-refractivity contribution >= 4 is 47.3 Å². The van der Waals surface area contributed by atoms with E-state index in [4.69, 9.17) is 20.8 Å². The van der Waals surface area contributed by atoms with E-state index in [1.807, 2.05) is 30.3 Å². The number of benzene rings is 2. The molecule has 1 heterocycles. The van der Waals surface area contributed by atoms with Crippen LogP contribution in [0.3, 0.4) is 0 Å². The predicted octanol–water partition coefficient (Wildman–Crippen LogP) is 6.66. The van der Waals surface area contributed by atoms with Crippen molar-refractivity contribution in [2.75, 3.05) is 20.3 Å². The Morgan fingerprint density at radius 3 is 2.46 bits per heavy atom. The maximum absolute atomic E-state index is 14.0. The van der Waals surface area contributed by atoms with Gasteiger partial charge in [-0.15, -0.1) is 0 Å². The number of methoxy groups -OCH3 is 1. The Bertz CT molecular complexity index is 1210. The quantitative estimate of drug-likeness (QED) is 0.279. The second-order valence-corrected chi connectivity index (χ2v) is 17.1. The highest BCUT2D eigenvalue weighted by atomic mass is 35.5. The highest BCUT2D eigenvalue weighted by Gasteiger charge is 2.43. The topological polar surface area (TPSA) is 80.6 Å². The number of ether oxygens (including phenoxy) is 1. The Labute approximate surface area is 215 Å². The summed E-state index contributed by atoms with van der Waals surface area (Å²) in [5, 5.41) is -0.0810. The monoisotopic (exact) mass is 535 g/mol. The first-order valence-corrected chi connectivity index (χ1v) is 16.3. The molecule has 0 saturated carbocycles. The number of sulfonamides is 1. The zero-order valence-corrected chi connectivity index (χ0v) is 23.8. The summed E-state index contributed by atoms with van der Waals surface area (Å²) in [4.78, 5) is 8.56. The summed E-state index contributed by atoms with van der Waals surface area (Å²) >= 11 is 6.57. The number of nitrogens with zero attached hydrogens (tertiary/aromatic N) is 3. The minimum absolute atomic E-state index is 0.0604. The van der Waals surface area contributed by atoms with Gasteiger partial charge in [0.15, 0.2) is 5.75 Å². The molecule has 0 aromatic heterocycles. The molecule has 0 aliphatic carbocycles. The Hall–Kier alpha value is -2.00. The van der Waals surface area contributed by atoms with Gasteiger partial charge in [-0.3, -0.25) is 0 Å². The number of hydrogen-bond donors (Lipinski definition) is 0. The van der Waals surface area contributed by atoms with E-state index in [0.29, 0.717) is 24.5 Å². The average Bonchev–Trinajstić information content (AvgIpc) is 3.24. The fourth-order valence-corrected chi connectivity index (χ4v) is 7.00. The van der Waals surface area contributed by atoms with Crippen molar-refractivity contribution in [1.29, 1.82) is 0 Å². The predicted molar refractivity (Wildman–Crippen MR) is 144 cm³/mol. The molecule has 1 aliphatic heterocycles. The molecule has 7 nitrogen and oxygen atoms in total. The van der Waals surface area contributed by atoms with E-state index in [1.54, 1.807) is 13.2 Å². The molecule has 190 valence electrons. The SMILES string of the molecule is COC[C@@H]1CCCN1S(=O)(=O)c1c(Cl)ccc(N=C=Nc2ccccc2)c1O[Si](C)(C)C(C)(C)C. The van der Waals surface area contributed by atoms with E-state index in [1.165, 1.54) is 10.4 Å². The van der Waals surface area contributed by atoms with Crippen molar-refractivity contribution in [1.82, 2.24) is 4.31 Å². The highest BCUT2D eigenvalue weighted by Crippen LogP contribution is 2.46. The third-order valence-corrected chi connectivity index (χ3v) is 13.3. The first-order valence-electron chi connectivity index (χ1n) is 11.6. The molecule has 1 aliphatic rings. The van der Waals surface area contributed by atoms with Gasteiger partial charge in [0, 0.05) is 19.7 Å². The largest absolute Gasteiger partial charge is 0.541 e. The first kappa shape index (κ1) is 27.6. The highest BCUT2D eigenvalue weighted by molar-refractivity contribution is 7.89. The van der Waals surface area contributed by atoms with Crippen molar-refractivity contribution in [3.8, 4) is 5.75 Å². The minimum Gasteiger partial charge on any atom is -0.541 e. The maximum atomic E-state index is 14.0. The van der Waals surface area contributed by atoms with Crippen LogP contribution < -0.4 is 4.43 Å². The van der Waals surface area contributed by atoms with Crippen LogP contribution in [0.5, 0.6) is 5.75 Å². The molecule has 35 heavy (non-hydrogen) atoms. The molecule has 0 spiro atoms. The molecule has 0 unspecified atom stereocenters. The normalized spacial score (nSPS) is 17.2. The average molecular weight is 536 g/mol. The van der Waals surface area contributed by atoms with Gasteiger partial charge >= 0.3 is 0 Å². The lowest BCUT2D eigenvalue weighted by Gasteiger charge is -2.37. The van der Waals surface area contributed by atoms with Crippen molar-refractivity contribution in [3.05, 3.63) is 47.5 Å². The number of hydrogen-bond acceptors (Lipinski definition) is 6. The fourth-order valence-electron chi connectivity index (χ4n) is 3.60. The van der Waals surface area contributed by atoms with Gasteiger partial charge in [-0.2, -0.15) is 14.3 Å². The Kier molecular flexibility index (Phi) is 8.63. The van der Waals surface area contributed by atoms with Crippen LogP contribution in [-0.2, 0) is 14.8 Å². The molecule has 1 saturated heterocycles. The van der Waals surface area contributed by atoms with Crippen LogP contribution in [0, 0.1) is 0 Å². The van der Waals surface area contributed by atoms with E-state index in [2.05, 4.69) is 49.9 Å². The first-order chi connectivity index (χ1) is 16.4. The number of para-hydroxylation sites is 1. The molecule has 0 amide bonds. The van der Waals surface area contributed by atoms with Crippen LogP contribution in [0.25, 0.3) is 0 Å². The summed E-state index contributed by atoms with van der Waals surface area (Å²) in [5.41, 5.74) is 1.00. The van der Waals surface area contributed by atoms with Crippen molar-refractivity contribution in [2.24, 2.45) is 9.98 Å². The molecule has 3 rings (SSSR count). The van der Waals surface area contributed by atoms with Crippen molar-refractivity contribution in [2.45, 2.75) is 62.7 Å². The van der Waals surface area contributed by atoms with Crippen LogP contribution in [0.2, 0.25) is 23.2 Å². The van der Waals surface area contributed by atoms with Gasteiger partial charge in [-0.1, -0.05) is 50.6 Å². The van der Waals surface area contributed by atoms with Crippen molar-refractivity contribution in [3.63, 3.8) is 0 Å². The standard InChI is InChI=1S/C25H34ClN3O4SSi/c1-25(2,3)35(5,6)33-23-22(28-18-27-19-11-8-7-9-12-19)15-14-21(26)24(23)34(30,31)29-16-10-13-20(29)17-32-4/h7-9,11-12,14-15,20H,10,13,16-17H2,1-6H3/t20-/m0/s1. The summed E-state index contributed by atoms with van der Waals surface area (Å²) in [6.07, 6.45) is 1.48. The lowest BCUT2D eigenvalue weighted by Crippen LogP contribution is -2.44. The van der Waals surface area contributed by atoms with Gasteiger partial charge in [0.2, 0.25) is 10.0 Å². The van der Waals surface area contributed by atoms with Crippen LogP contribution in [0.1, 0.15) is 33.6 Å². The van der Waals surface area contributed by atoms with Crippen molar-refractivity contribution < 1.29 is 17.6 Å². The van der Waals surface area contributed by atoms with Crippen LogP contribution in [0.15, 0.2) is 57.3 Å². The number of rotatable bonds is 8. The molecule has 1 atom stereocenters. The lowest BCUT2D eigenvalue weighted by molar-refractivity contribution is 0.149. The van der Waals surface area contributed by atoms with Gasteiger partial charge in [-0.25, -0.2) is 8.42 Å². The second-order valence-electron chi connectivity index (χ2n) is 10.1. The van der Waals surface area contributed by atoms with E-state index in [9.17, 15) is 8.42 Å². The van der Waals surface area contributed by atoms with Gasteiger partial charge in [0.25, 0.3) is 8.32 Å². The number of aliphatic imine (C=N–C) groups is 2. The zero-order valence-electron chi connectivity index (χ0n) is 21.2. The van der Waals surface area contributed by atoms with Gasteiger partial charge in [-0.05, 0) is 55.2 Å². The fraction of sp³-hybridized carbons (Fsp3) is 0.480. The van der Waals surface area contributed by atoms with Gasteiger partial charge in [0.05, 0.1) is 17.3 Å². The summed E-state index contributed by atoms with van der Waals surface area (Å²) < 4.78 is 41.3. The molecule has 2 aromatic rings. The Morgan fingerprint density at radius 1 is 1.14 bits per heavy atom. The molecule has 0 bridgehead atoms. The van der Waals surface area contributed by atoms with Crippen LogP contribution >= 0.6 is 11.6 Å². The molecular weight excluding hydrogens is 502 g/mol. The number of halogens is 1. The van der Waals surface area contributed by atoms with E-state index >= 15 is 0 Å². The third kappa shape index (κ3) is 6.23.